The van der Waals surface area contributed by atoms with Gasteiger partial charge in [0.15, 0.2) is 6.10 Å². The fraction of sp³-hybridized carbons (Fsp3) is 0.841. The van der Waals surface area contributed by atoms with E-state index in [1.54, 1.807) is 0 Å². The van der Waals surface area contributed by atoms with Crippen LogP contribution in [0.25, 0.3) is 0 Å². The number of unbranched alkanes of at least 4 members (excludes halogenated alkanes) is 42. The van der Waals surface area contributed by atoms with Crippen molar-refractivity contribution >= 4 is 17.9 Å². The summed E-state index contributed by atoms with van der Waals surface area (Å²) >= 11 is 0. The van der Waals surface area contributed by atoms with Crippen LogP contribution >= 0.6 is 0 Å². The summed E-state index contributed by atoms with van der Waals surface area (Å²) in [7, 11) is 0. The van der Waals surface area contributed by atoms with Crippen molar-refractivity contribution in [1.29, 1.82) is 0 Å². The Kier molecular flexibility index (Phi) is 61.7. The van der Waals surface area contributed by atoms with E-state index in [4.69, 9.17) is 14.2 Å². The molecule has 0 aromatic heterocycles. The predicted molar refractivity (Wildman–Crippen MR) is 325 cm³/mol. The van der Waals surface area contributed by atoms with Gasteiger partial charge in [0, 0.05) is 19.3 Å². The zero-order valence-corrected chi connectivity index (χ0v) is 50.3. The lowest BCUT2D eigenvalue weighted by Crippen LogP contribution is -2.30. The minimum Gasteiger partial charge on any atom is -0.462 e. The first kappa shape index (κ1) is 72.4. The van der Waals surface area contributed by atoms with Gasteiger partial charge in [0.1, 0.15) is 13.2 Å². The highest BCUT2D eigenvalue weighted by Gasteiger charge is 2.19. The van der Waals surface area contributed by atoms with Crippen LogP contribution < -0.4 is 0 Å². The van der Waals surface area contributed by atoms with E-state index in [1.807, 2.05) is 0 Å². The summed E-state index contributed by atoms with van der Waals surface area (Å²) in [6.45, 7) is 6.63. The molecule has 0 aromatic carbocycles. The number of hydrogen-bond acceptors (Lipinski definition) is 6. The molecule has 0 aliphatic heterocycles. The van der Waals surface area contributed by atoms with Crippen molar-refractivity contribution in [3.63, 3.8) is 0 Å². The van der Waals surface area contributed by atoms with Gasteiger partial charge in [-0.2, -0.15) is 0 Å². The third-order valence-corrected chi connectivity index (χ3v) is 14.8. The van der Waals surface area contributed by atoms with Crippen molar-refractivity contribution in [3.05, 3.63) is 48.6 Å². The van der Waals surface area contributed by atoms with E-state index in [-0.39, 0.29) is 31.1 Å². The van der Waals surface area contributed by atoms with Gasteiger partial charge in [0.05, 0.1) is 0 Å². The second-order valence-corrected chi connectivity index (χ2v) is 22.4. The van der Waals surface area contributed by atoms with Crippen molar-refractivity contribution in [1.82, 2.24) is 0 Å². The van der Waals surface area contributed by atoms with Crippen molar-refractivity contribution in [2.75, 3.05) is 13.2 Å². The summed E-state index contributed by atoms with van der Waals surface area (Å²) in [6.07, 6.45) is 79.9. The largest absolute Gasteiger partial charge is 0.462 e. The number of ether oxygens (including phenoxy) is 3. The predicted octanol–water partition coefficient (Wildman–Crippen LogP) is 22.6. The molecule has 0 aromatic rings. The molecule has 0 spiro atoms. The minimum absolute atomic E-state index is 0.0764. The smallest absolute Gasteiger partial charge is 0.306 e. The molecule has 0 N–H and O–H groups in total. The first-order chi connectivity index (χ1) is 37.0. The highest BCUT2D eigenvalue weighted by Crippen LogP contribution is 2.18. The van der Waals surface area contributed by atoms with E-state index in [2.05, 4.69) is 69.4 Å². The molecule has 0 fully saturated rings. The molecule has 0 saturated heterocycles. The fourth-order valence-electron chi connectivity index (χ4n) is 9.79. The molecule has 438 valence electrons. The van der Waals surface area contributed by atoms with Crippen LogP contribution in [0.1, 0.15) is 355 Å². The highest BCUT2D eigenvalue weighted by atomic mass is 16.6. The minimum atomic E-state index is -0.778. The molecule has 0 aliphatic rings. The van der Waals surface area contributed by atoms with E-state index in [0.717, 1.165) is 83.5 Å². The molecular formula is C69H126O6. The van der Waals surface area contributed by atoms with Crippen LogP contribution in [-0.2, 0) is 28.6 Å². The lowest BCUT2D eigenvalue weighted by molar-refractivity contribution is -0.167. The van der Waals surface area contributed by atoms with Gasteiger partial charge in [-0.15, -0.1) is 0 Å². The topological polar surface area (TPSA) is 78.9 Å². The summed E-state index contributed by atoms with van der Waals surface area (Å²) in [5.41, 5.74) is 0. The molecule has 0 radical (unpaired) electrons. The average molecular weight is 1050 g/mol. The second-order valence-electron chi connectivity index (χ2n) is 22.4. The summed E-state index contributed by atoms with van der Waals surface area (Å²) < 4.78 is 16.9. The number of rotatable bonds is 61. The van der Waals surface area contributed by atoms with Gasteiger partial charge >= 0.3 is 17.9 Å². The SMILES string of the molecule is CCCC/C=C\CCCCCCCC(=O)OCC(COC(=O)CCCCCCCCCC/C=C\C/C=C\C/C=C\CCCCCCC)OC(=O)CCCCCCCCCCCCCCCCCCCCCCCCC. The third kappa shape index (κ3) is 62.1. The Morgan fingerprint density at radius 3 is 0.800 bits per heavy atom. The van der Waals surface area contributed by atoms with Crippen LogP contribution in [0.5, 0.6) is 0 Å². The lowest BCUT2D eigenvalue weighted by Gasteiger charge is -2.18. The van der Waals surface area contributed by atoms with Crippen molar-refractivity contribution in [2.45, 2.75) is 361 Å². The molecule has 6 nitrogen and oxygen atoms in total. The van der Waals surface area contributed by atoms with E-state index >= 15 is 0 Å². The van der Waals surface area contributed by atoms with Crippen molar-refractivity contribution < 1.29 is 28.6 Å². The van der Waals surface area contributed by atoms with Crippen molar-refractivity contribution in [2.24, 2.45) is 0 Å². The van der Waals surface area contributed by atoms with Gasteiger partial charge < -0.3 is 14.2 Å². The van der Waals surface area contributed by atoms with E-state index < -0.39 is 6.10 Å². The Bertz CT molecular complexity index is 1300. The Morgan fingerprint density at radius 1 is 0.267 bits per heavy atom. The molecule has 0 amide bonds. The second kappa shape index (κ2) is 63.9. The number of allylic oxidation sites excluding steroid dienone is 8. The van der Waals surface area contributed by atoms with Crippen LogP contribution in [0.3, 0.4) is 0 Å². The first-order valence-electron chi connectivity index (χ1n) is 33.1. The van der Waals surface area contributed by atoms with Gasteiger partial charge in [-0.05, 0) is 77.0 Å². The quantitative estimate of drug-likeness (QED) is 0.0261. The van der Waals surface area contributed by atoms with Gasteiger partial charge in [0.2, 0.25) is 0 Å². The molecule has 1 atom stereocenters. The Hall–Kier alpha value is -2.63. The zero-order chi connectivity index (χ0) is 54.3. The average Bonchev–Trinajstić information content (AvgIpc) is 3.41. The number of esters is 3. The Morgan fingerprint density at radius 2 is 0.493 bits per heavy atom. The number of carbonyl (C=O) groups is 3. The molecule has 0 heterocycles. The van der Waals surface area contributed by atoms with Crippen LogP contribution in [0, 0.1) is 0 Å². The summed E-state index contributed by atoms with van der Waals surface area (Å²) in [5, 5.41) is 0. The normalized spacial score (nSPS) is 12.3. The fourth-order valence-corrected chi connectivity index (χ4v) is 9.79. The van der Waals surface area contributed by atoms with Crippen LogP contribution in [0.2, 0.25) is 0 Å². The maximum absolute atomic E-state index is 12.9. The van der Waals surface area contributed by atoms with E-state index in [1.165, 1.54) is 231 Å². The third-order valence-electron chi connectivity index (χ3n) is 14.8. The zero-order valence-electron chi connectivity index (χ0n) is 50.3. The van der Waals surface area contributed by atoms with E-state index in [9.17, 15) is 14.4 Å². The number of carbonyl (C=O) groups excluding carboxylic acids is 3. The molecule has 0 saturated carbocycles. The summed E-state index contributed by atoms with van der Waals surface area (Å²) in [4.78, 5) is 38.3. The van der Waals surface area contributed by atoms with Crippen molar-refractivity contribution in [3.8, 4) is 0 Å². The Labute approximate surface area is 467 Å². The lowest BCUT2D eigenvalue weighted by atomic mass is 10.0. The molecule has 0 rings (SSSR count). The molecule has 1 unspecified atom stereocenters. The monoisotopic (exact) mass is 1050 g/mol. The van der Waals surface area contributed by atoms with Crippen LogP contribution in [-0.4, -0.2) is 37.2 Å². The molecule has 6 heteroatoms. The maximum Gasteiger partial charge on any atom is 0.306 e. The van der Waals surface area contributed by atoms with Gasteiger partial charge in [-0.1, -0.05) is 307 Å². The maximum atomic E-state index is 12.9. The molecule has 75 heavy (non-hydrogen) atoms. The standard InChI is InChI=1S/C69H126O6/c1-4-7-10-13-16-19-22-24-26-28-30-32-34-36-38-40-42-44-47-50-53-56-59-62-68(71)74-65-66(64-73-67(70)61-58-55-52-49-46-21-18-15-12-9-6-3)75-69(72)63-60-57-54-51-48-45-43-41-39-37-35-33-31-29-27-25-23-20-17-14-11-8-5-2/h15,18,22,24,28,30,34,36,66H,4-14,16-17,19-21,23,25-27,29,31-33,35,37-65H2,1-3H3/b18-15-,24-22-,30-28-,36-34-. The van der Waals surface area contributed by atoms with Crippen LogP contribution in [0.15, 0.2) is 48.6 Å². The highest BCUT2D eigenvalue weighted by molar-refractivity contribution is 5.71. The van der Waals surface area contributed by atoms with Gasteiger partial charge in [0.25, 0.3) is 0 Å². The van der Waals surface area contributed by atoms with Gasteiger partial charge in [-0.25, -0.2) is 0 Å². The summed E-state index contributed by atoms with van der Waals surface area (Å²) in [5.74, 6) is -0.871. The molecule has 0 aliphatic carbocycles. The van der Waals surface area contributed by atoms with Gasteiger partial charge in [-0.3, -0.25) is 14.4 Å². The molecular weight excluding hydrogens is 925 g/mol. The first-order valence-corrected chi connectivity index (χ1v) is 33.1. The van der Waals surface area contributed by atoms with E-state index in [0.29, 0.717) is 19.3 Å². The number of hydrogen-bond donors (Lipinski definition) is 0. The Balaban J connectivity index is 4.24. The molecule has 0 bridgehead atoms. The summed E-state index contributed by atoms with van der Waals surface area (Å²) in [6, 6.07) is 0. The van der Waals surface area contributed by atoms with Crippen LogP contribution in [0.4, 0.5) is 0 Å².